The molecular weight excluding hydrogens is 366 g/mol. The van der Waals surface area contributed by atoms with Gasteiger partial charge in [0.05, 0.1) is 5.69 Å². The van der Waals surface area contributed by atoms with Crippen molar-refractivity contribution >= 4 is 17.5 Å². The van der Waals surface area contributed by atoms with Crippen LogP contribution in [0.1, 0.15) is 75.5 Å². The number of likely N-dealkylation sites (tertiary alicyclic amines) is 1. The zero-order valence-corrected chi connectivity index (χ0v) is 18.5. The summed E-state index contributed by atoms with van der Waals surface area (Å²) in [7, 11) is 0. The van der Waals surface area contributed by atoms with Crippen molar-refractivity contribution in [1.29, 1.82) is 0 Å². The average molecular weight is 400 g/mol. The Morgan fingerprint density at radius 3 is 2.66 bits per heavy atom. The summed E-state index contributed by atoms with van der Waals surface area (Å²) in [6, 6.07) is 2.04. The van der Waals surface area contributed by atoms with E-state index >= 15 is 0 Å². The maximum Gasteiger partial charge on any atom is 0.220 e. The average Bonchev–Trinajstić information content (AvgIpc) is 3.28. The highest BCUT2D eigenvalue weighted by atomic mass is 16.2. The molecule has 2 aromatic heterocycles. The fourth-order valence-corrected chi connectivity index (χ4v) is 3.96. The third-order valence-electron chi connectivity index (χ3n) is 6.20. The molecule has 7 heteroatoms. The number of aryl methyl sites for hydroxylation is 2. The second kappa shape index (κ2) is 8.13. The molecule has 158 valence electrons. The van der Waals surface area contributed by atoms with Crippen LogP contribution in [0.2, 0.25) is 0 Å². The molecule has 3 heterocycles. The van der Waals surface area contributed by atoms with Gasteiger partial charge in [0.25, 0.3) is 0 Å². The lowest BCUT2D eigenvalue weighted by atomic mass is 10.0. The molecule has 1 N–H and O–H groups in total. The summed E-state index contributed by atoms with van der Waals surface area (Å²) >= 11 is 0. The highest BCUT2D eigenvalue weighted by molar-refractivity contribution is 5.77. The van der Waals surface area contributed by atoms with Crippen molar-refractivity contribution in [2.24, 2.45) is 0 Å². The first kappa shape index (κ1) is 21.3. The number of hydrogen-bond acceptors (Lipinski definition) is 4. The number of aromatic nitrogens is 3. The minimum atomic E-state index is -0.185. The van der Waals surface area contributed by atoms with E-state index in [9.17, 15) is 9.59 Å². The van der Waals surface area contributed by atoms with Crippen LogP contribution in [-0.2, 0) is 16.0 Å². The molecule has 0 aliphatic carbocycles. The first-order valence-electron chi connectivity index (χ1n) is 10.5. The Bertz CT molecular complexity index is 931. The van der Waals surface area contributed by atoms with Gasteiger partial charge in [-0.25, -0.2) is 9.50 Å². The quantitative estimate of drug-likeness (QED) is 0.810. The Morgan fingerprint density at radius 1 is 1.31 bits per heavy atom. The van der Waals surface area contributed by atoms with Crippen LogP contribution in [0.25, 0.3) is 5.65 Å². The molecule has 1 aliphatic heterocycles. The lowest BCUT2D eigenvalue weighted by molar-refractivity contribution is -0.127. The van der Waals surface area contributed by atoms with E-state index in [-0.39, 0.29) is 23.3 Å². The van der Waals surface area contributed by atoms with Gasteiger partial charge in [-0.1, -0.05) is 6.92 Å². The highest BCUT2D eigenvalue weighted by Gasteiger charge is 2.28. The normalized spacial score (nSPS) is 17.2. The molecule has 1 unspecified atom stereocenters. The van der Waals surface area contributed by atoms with Crippen LogP contribution in [-0.4, -0.2) is 49.9 Å². The maximum atomic E-state index is 12.4. The van der Waals surface area contributed by atoms with Gasteiger partial charge in [-0.3, -0.25) is 9.59 Å². The highest BCUT2D eigenvalue weighted by Crippen LogP contribution is 2.28. The van der Waals surface area contributed by atoms with Crippen LogP contribution in [0.4, 0.5) is 0 Å². The predicted octanol–water partition coefficient (Wildman–Crippen LogP) is 2.92. The number of nitrogens with one attached hydrogen (secondary N) is 1. The van der Waals surface area contributed by atoms with Crippen LogP contribution in [0.3, 0.4) is 0 Å². The first-order valence-corrected chi connectivity index (χ1v) is 10.5. The Balaban J connectivity index is 1.78. The Kier molecular flexibility index (Phi) is 5.96. The van der Waals surface area contributed by atoms with Crippen molar-refractivity contribution in [3.8, 4) is 0 Å². The standard InChI is InChI=1S/C22H33N5O2/c1-7-22(5,6)24-21(29)9-8-18-14(2)23-20-12-19(25-27(20)15(18)3)17-10-11-26(13-17)16(4)28/h12,17H,7-11,13H2,1-6H3,(H,24,29). The summed E-state index contributed by atoms with van der Waals surface area (Å²) in [6.45, 7) is 13.3. The van der Waals surface area contributed by atoms with Crippen molar-refractivity contribution in [3.63, 3.8) is 0 Å². The lowest BCUT2D eigenvalue weighted by Gasteiger charge is -2.24. The zero-order valence-electron chi connectivity index (χ0n) is 18.5. The molecule has 1 aliphatic rings. The summed E-state index contributed by atoms with van der Waals surface area (Å²) in [5.41, 5.74) is 4.69. The molecule has 0 aromatic carbocycles. The molecule has 2 amide bonds. The van der Waals surface area contributed by atoms with E-state index in [1.165, 1.54) is 0 Å². The topological polar surface area (TPSA) is 79.6 Å². The number of carbonyl (C=O) groups is 2. The van der Waals surface area contributed by atoms with Crippen molar-refractivity contribution < 1.29 is 9.59 Å². The minimum absolute atomic E-state index is 0.0622. The molecule has 7 nitrogen and oxygen atoms in total. The second-order valence-corrected chi connectivity index (χ2v) is 8.84. The smallest absolute Gasteiger partial charge is 0.220 e. The summed E-state index contributed by atoms with van der Waals surface area (Å²) in [4.78, 5) is 30.6. The molecule has 1 fully saturated rings. The summed E-state index contributed by atoms with van der Waals surface area (Å²) in [6.07, 6.45) is 2.90. The van der Waals surface area contributed by atoms with Crippen LogP contribution < -0.4 is 5.32 Å². The zero-order chi connectivity index (χ0) is 21.3. The van der Waals surface area contributed by atoms with Crippen molar-refractivity contribution in [2.75, 3.05) is 13.1 Å². The van der Waals surface area contributed by atoms with Crippen LogP contribution in [0.5, 0.6) is 0 Å². The Morgan fingerprint density at radius 2 is 2.03 bits per heavy atom. The van der Waals surface area contributed by atoms with E-state index in [1.807, 2.05) is 43.2 Å². The van der Waals surface area contributed by atoms with Gasteiger partial charge in [-0.15, -0.1) is 0 Å². The SMILES string of the molecule is CCC(C)(C)NC(=O)CCc1c(C)nc2cc(C3CCN(C(C)=O)C3)nn2c1C. The summed E-state index contributed by atoms with van der Waals surface area (Å²) < 4.78 is 1.89. The lowest BCUT2D eigenvalue weighted by Crippen LogP contribution is -2.42. The van der Waals surface area contributed by atoms with Crippen molar-refractivity contribution in [2.45, 2.75) is 78.7 Å². The Hall–Kier alpha value is -2.44. The van der Waals surface area contributed by atoms with Crippen LogP contribution in [0, 0.1) is 13.8 Å². The maximum absolute atomic E-state index is 12.4. The fourth-order valence-electron chi connectivity index (χ4n) is 3.96. The number of nitrogens with zero attached hydrogens (tertiary/aromatic N) is 4. The van der Waals surface area contributed by atoms with Gasteiger partial charge >= 0.3 is 0 Å². The molecular formula is C22H33N5O2. The monoisotopic (exact) mass is 399 g/mol. The van der Waals surface area contributed by atoms with Crippen LogP contribution in [0.15, 0.2) is 6.07 Å². The Labute approximate surface area is 172 Å². The number of fused-ring (bicyclic) bond motifs is 1. The van der Waals surface area contributed by atoms with Crippen molar-refractivity contribution in [1.82, 2.24) is 24.8 Å². The third-order valence-corrected chi connectivity index (χ3v) is 6.20. The van der Waals surface area contributed by atoms with Gasteiger partial charge in [-0.05, 0) is 52.5 Å². The molecule has 3 rings (SSSR count). The third kappa shape index (κ3) is 4.60. The molecule has 0 radical (unpaired) electrons. The van der Waals surface area contributed by atoms with Gasteiger partial charge in [0.1, 0.15) is 0 Å². The second-order valence-electron chi connectivity index (χ2n) is 8.84. The molecule has 0 spiro atoms. The molecule has 2 aromatic rings. The molecule has 1 atom stereocenters. The number of rotatable bonds is 6. The van der Waals surface area contributed by atoms with E-state index < -0.39 is 0 Å². The van der Waals surface area contributed by atoms with E-state index in [2.05, 4.69) is 12.2 Å². The number of carbonyl (C=O) groups excluding carboxylic acids is 2. The fraction of sp³-hybridized carbons (Fsp3) is 0.636. The van der Waals surface area contributed by atoms with E-state index in [1.54, 1.807) is 6.92 Å². The first-order chi connectivity index (χ1) is 13.6. The minimum Gasteiger partial charge on any atom is -0.351 e. The van der Waals surface area contributed by atoms with E-state index in [0.29, 0.717) is 12.8 Å². The number of hydrogen-bond donors (Lipinski definition) is 1. The summed E-state index contributed by atoms with van der Waals surface area (Å²) in [5.74, 6) is 0.436. The largest absolute Gasteiger partial charge is 0.351 e. The predicted molar refractivity (Wildman–Crippen MR) is 113 cm³/mol. The van der Waals surface area contributed by atoms with Gasteiger partial charge in [0.2, 0.25) is 11.8 Å². The van der Waals surface area contributed by atoms with E-state index in [0.717, 1.165) is 54.2 Å². The molecule has 1 saturated heterocycles. The number of amides is 2. The molecule has 29 heavy (non-hydrogen) atoms. The summed E-state index contributed by atoms with van der Waals surface area (Å²) in [5, 5.41) is 7.90. The van der Waals surface area contributed by atoms with Crippen LogP contribution >= 0.6 is 0 Å². The van der Waals surface area contributed by atoms with E-state index in [4.69, 9.17) is 10.1 Å². The van der Waals surface area contributed by atoms with Gasteiger partial charge in [-0.2, -0.15) is 5.10 Å². The van der Waals surface area contributed by atoms with Gasteiger partial charge in [0, 0.05) is 55.3 Å². The van der Waals surface area contributed by atoms with Gasteiger partial charge < -0.3 is 10.2 Å². The molecule has 0 saturated carbocycles. The van der Waals surface area contributed by atoms with Gasteiger partial charge in [0.15, 0.2) is 5.65 Å². The van der Waals surface area contributed by atoms with Crippen molar-refractivity contribution in [3.05, 3.63) is 28.7 Å². The molecule has 0 bridgehead atoms.